The molecule has 0 aliphatic carbocycles. The fourth-order valence-corrected chi connectivity index (χ4v) is 2.75. The van der Waals surface area contributed by atoms with E-state index in [1.165, 1.54) is 0 Å². The molecule has 9 heteroatoms. The van der Waals surface area contributed by atoms with Crippen LogP contribution in [-0.4, -0.2) is 49.5 Å². The Bertz CT molecular complexity index is 770. The van der Waals surface area contributed by atoms with Gasteiger partial charge in [-0.3, -0.25) is 15.0 Å². The molecule has 0 spiro atoms. The molecule has 0 saturated carbocycles. The van der Waals surface area contributed by atoms with Crippen LogP contribution in [0, 0.1) is 10.8 Å². The van der Waals surface area contributed by atoms with Crippen LogP contribution in [0.1, 0.15) is 39.2 Å². The molecular formula is C20H29N5O4. The highest BCUT2D eigenvalue weighted by molar-refractivity contribution is 6.02. The highest BCUT2D eigenvalue weighted by Gasteiger charge is 2.33. The van der Waals surface area contributed by atoms with Gasteiger partial charge < -0.3 is 26.0 Å². The molecule has 0 radical (unpaired) electrons. The number of benzene rings is 1. The van der Waals surface area contributed by atoms with Gasteiger partial charge in [0, 0.05) is 24.3 Å². The predicted octanol–water partition coefficient (Wildman–Crippen LogP) is 1.35. The molecule has 1 saturated heterocycles. The highest BCUT2D eigenvalue weighted by atomic mass is 16.5. The summed E-state index contributed by atoms with van der Waals surface area (Å²) in [7, 11) is 0. The summed E-state index contributed by atoms with van der Waals surface area (Å²) in [4.78, 5) is 37.8. The number of esters is 1. The van der Waals surface area contributed by atoms with Crippen LogP contribution in [0.4, 0.5) is 10.5 Å². The molecule has 0 unspecified atom stereocenters. The molecule has 1 aromatic carbocycles. The fourth-order valence-electron chi connectivity index (χ4n) is 2.75. The minimum atomic E-state index is -0.629. The third-order valence-electron chi connectivity index (χ3n) is 4.28. The Morgan fingerprint density at radius 2 is 1.93 bits per heavy atom. The quantitative estimate of drug-likeness (QED) is 0.309. The maximum Gasteiger partial charge on any atom is 0.315 e. The number of amides is 3. The van der Waals surface area contributed by atoms with Crippen LogP contribution < -0.4 is 21.3 Å². The fraction of sp³-hybridized carbons (Fsp3) is 0.500. The zero-order valence-corrected chi connectivity index (χ0v) is 17.1. The van der Waals surface area contributed by atoms with E-state index >= 15 is 0 Å². The smallest absolute Gasteiger partial charge is 0.315 e. The van der Waals surface area contributed by atoms with Crippen LogP contribution in [0.3, 0.4) is 0 Å². The lowest BCUT2D eigenvalue weighted by atomic mass is 9.99. The highest BCUT2D eigenvalue weighted by Crippen LogP contribution is 2.22. The van der Waals surface area contributed by atoms with Gasteiger partial charge in [-0.15, -0.1) is 0 Å². The van der Waals surface area contributed by atoms with E-state index < -0.39 is 12.1 Å². The summed E-state index contributed by atoms with van der Waals surface area (Å²) in [6, 6.07) is 5.67. The molecule has 0 aromatic heterocycles. The molecule has 1 aliphatic rings. The second kappa shape index (κ2) is 9.40. The van der Waals surface area contributed by atoms with Gasteiger partial charge in [-0.2, -0.15) is 0 Å². The van der Waals surface area contributed by atoms with E-state index in [-0.39, 0.29) is 36.1 Å². The van der Waals surface area contributed by atoms with Crippen molar-refractivity contribution in [2.45, 2.75) is 39.7 Å². The van der Waals surface area contributed by atoms with Crippen LogP contribution in [0.2, 0.25) is 0 Å². The molecule has 1 aliphatic heterocycles. The summed E-state index contributed by atoms with van der Waals surface area (Å²) in [5, 5.41) is 12.6. The third-order valence-corrected chi connectivity index (χ3v) is 4.28. The van der Waals surface area contributed by atoms with Crippen molar-refractivity contribution in [3.05, 3.63) is 29.8 Å². The molecule has 29 heavy (non-hydrogen) atoms. The van der Waals surface area contributed by atoms with Gasteiger partial charge in [0.15, 0.2) is 0 Å². The number of ether oxygens (including phenoxy) is 1. The minimum Gasteiger partial charge on any atom is -0.465 e. The Balaban J connectivity index is 1.76. The summed E-state index contributed by atoms with van der Waals surface area (Å²) >= 11 is 0. The number of nitrogens with zero attached hydrogens (tertiary/aromatic N) is 1. The number of hydrogen-bond acceptors (Lipinski definition) is 5. The Kier molecular flexibility index (Phi) is 7.19. The number of carbonyl (C=O) groups excluding carboxylic acids is 3. The van der Waals surface area contributed by atoms with Crippen molar-refractivity contribution < 1.29 is 19.1 Å². The Morgan fingerprint density at radius 3 is 2.52 bits per heavy atom. The van der Waals surface area contributed by atoms with E-state index in [1.807, 2.05) is 20.8 Å². The van der Waals surface area contributed by atoms with Gasteiger partial charge in [-0.05, 0) is 36.1 Å². The predicted molar refractivity (Wildman–Crippen MR) is 110 cm³/mol. The van der Waals surface area contributed by atoms with Crippen molar-refractivity contribution in [1.29, 1.82) is 5.41 Å². The van der Waals surface area contributed by atoms with Crippen molar-refractivity contribution in [3.8, 4) is 0 Å². The standard InChI is InChI=1S/C20H29N5O4/c1-20(2,3)12-29-16(26)8-10-23-19(28)24-15-9-11-25(18(15)27)14-6-4-13(5-7-14)17(21)22/h4-7,15H,8-12H2,1-3H3,(H3,21,22)(H2,23,24,28)/t15-/m0/s1. The van der Waals surface area contributed by atoms with E-state index in [2.05, 4.69) is 10.6 Å². The molecule has 2 rings (SSSR count). The number of anilines is 1. The summed E-state index contributed by atoms with van der Waals surface area (Å²) in [5.74, 6) is -0.625. The topological polar surface area (TPSA) is 138 Å². The number of rotatable bonds is 7. The lowest BCUT2D eigenvalue weighted by molar-refractivity contribution is -0.146. The van der Waals surface area contributed by atoms with Crippen molar-refractivity contribution in [3.63, 3.8) is 0 Å². The molecule has 5 N–H and O–H groups in total. The zero-order chi connectivity index (χ0) is 21.6. The van der Waals surface area contributed by atoms with Gasteiger partial charge in [-0.25, -0.2) is 4.79 Å². The Morgan fingerprint density at radius 1 is 1.28 bits per heavy atom. The number of nitrogen functional groups attached to an aromatic ring is 1. The largest absolute Gasteiger partial charge is 0.465 e. The summed E-state index contributed by atoms with van der Waals surface area (Å²) in [5.41, 5.74) is 6.59. The molecule has 0 bridgehead atoms. The summed E-state index contributed by atoms with van der Waals surface area (Å²) in [6.07, 6.45) is 0.547. The van der Waals surface area contributed by atoms with Crippen molar-refractivity contribution in [1.82, 2.24) is 10.6 Å². The second-order valence-corrected chi connectivity index (χ2v) is 8.16. The summed E-state index contributed by atoms with van der Waals surface area (Å²) in [6.45, 7) is 6.81. The van der Waals surface area contributed by atoms with Gasteiger partial charge in [0.2, 0.25) is 5.91 Å². The van der Waals surface area contributed by atoms with Crippen molar-refractivity contribution in [2.75, 3.05) is 24.6 Å². The lowest BCUT2D eigenvalue weighted by Crippen LogP contribution is -2.46. The van der Waals surface area contributed by atoms with E-state index in [4.69, 9.17) is 15.9 Å². The molecule has 1 aromatic rings. The van der Waals surface area contributed by atoms with Gasteiger partial charge in [-0.1, -0.05) is 20.8 Å². The second-order valence-electron chi connectivity index (χ2n) is 8.16. The number of carbonyl (C=O) groups is 3. The zero-order valence-electron chi connectivity index (χ0n) is 17.1. The first-order valence-electron chi connectivity index (χ1n) is 9.52. The molecule has 1 fully saturated rings. The average Bonchev–Trinajstić information content (AvgIpc) is 3.00. The molecule has 9 nitrogen and oxygen atoms in total. The maximum absolute atomic E-state index is 12.6. The van der Waals surface area contributed by atoms with E-state index in [1.54, 1.807) is 29.2 Å². The van der Waals surface area contributed by atoms with E-state index in [9.17, 15) is 14.4 Å². The maximum atomic E-state index is 12.6. The third kappa shape index (κ3) is 6.78. The molecular weight excluding hydrogens is 374 g/mol. The van der Waals surface area contributed by atoms with E-state index in [0.29, 0.717) is 30.8 Å². The lowest BCUT2D eigenvalue weighted by Gasteiger charge is -2.18. The number of urea groups is 1. The van der Waals surface area contributed by atoms with Crippen molar-refractivity contribution >= 4 is 29.4 Å². The van der Waals surface area contributed by atoms with Crippen LogP contribution >= 0.6 is 0 Å². The normalized spacial score (nSPS) is 16.4. The molecule has 1 heterocycles. The Labute approximate surface area is 170 Å². The Hall–Kier alpha value is -3.10. The summed E-state index contributed by atoms with van der Waals surface area (Å²) < 4.78 is 5.13. The molecule has 1 atom stereocenters. The number of amidine groups is 1. The first-order valence-corrected chi connectivity index (χ1v) is 9.52. The van der Waals surface area contributed by atoms with Gasteiger partial charge in [0.05, 0.1) is 13.0 Å². The van der Waals surface area contributed by atoms with Crippen LogP contribution in [0.15, 0.2) is 24.3 Å². The number of hydrogen-bond donors (Lipinski definition) is 4. The molecule has 158 valence electrons. The number of nitrogens with one attached hydrogen (secondary N) is 3. The first kappa shape index (κ1) is 22.2. The van der Waals surface area contributed by atoms with Crippen LogP contribution in [-0.2, 0) is 14.3 Å². The first-order chi connectivity index (χ1) is 13.6. The average molecular weight is 403 g/mol. The van der Waals surface area contributed by atoms with E-state index in [0.717, 1.165) is 0 Å². The SMILES string of the molecule is CC(C)(C)COC(=O)CCNC(=O)N[C@H]1CCN(c2ccc(C(=N)N)cc2)C1=O. The van der Waals surface area contributed by atoms with Crippen LogP contribution in [0.25, 0.3) is 0 Å². The monoisotopic (exact) mass is 403 g/mol. The van der Waals surface area contributed by atoms with Gasteiger partial charge in [0.25, 0.3) is 0 Å². The minimum absolute atomic E-state index is 0.0391. The number of nitrogens with two attached hydrogens (primary N) is 1. The van der Waals surface area contributed by atoms with Crippen LogP contribution in [0.5, 0.6) is 0 Å². The van der Waals surface area contributed by atoms with Gasteiger partial charge in [0.1, 0.15) is 11.9 Å². The molecule has 3 amide bonds. The van der Waals surface area contributed by atoms with Gasteiger partial charge >= 0.3 is 12.0 Å². The van der Waals surface area contributed by atoms with Crippen molar-refractivity contribution in [2.24, 2.45) is 11.1 Å².